The third-order valence-electron chi connectivity index (χ3n) is 5.41. The van der Waals surface area contributed by atoms with Gasteiger partial charge in [-0.05, 0) is 49.3 Å². The minimum Gasteiger partial charge on any atom is -0.378 e. The average Bonchev–Trinajstić information content (AvgIpc) is 3.09. The summed E-state index contributed by atoms with van der Waals surface area (Å²) in [5.41, 5.74) is 1.94. The monoisotopic (exact) mass is 421 g/mol. The third kappa shape index (κ3) is 4.97. The van der Waals surface area contributed by atoms with Crippen LogP contribution in [0.2, 0.25) is 0 Å². The van der Waals surface area contributed by atoms with Crippen LogP contribution in [0.5, 0.6) is 0 Å². The molecule has 2 aromatic carbocycles. The fourth-order valence-corrected chi connectivity index (χ4v) is 4.22. The molecule has 0 atom stereocenters. The molecule has 1 amide bonds. The topological polar surface area (TPSA) is 63.9 Å². The van der Waals surface area contributed by atoms with Gasteiger partial charge in [0.05, 0.1) is 6.54 Å². The van der Waals surface area contributed by atoms with Crippen molar-refractivity contribution in [1.82, 2.24) is 19.7 Å². The molecule has 3 aromatic rings. The molecule has 156 valence electrons. The molecule has 1 aliphatic carbocycles. The van der Waals surface area contributed by atoms with E-state index in [0.29, 0.717) is 11.3 Å². The molecule has 0 saturated heterocycles. The predicted octanol–water partition coefficient (Wildman–Crippen LogP) is 4.46. The van der Waals surface area contributed by atoms with Gasteiger partial charge in [-0.15, -0.1) is 0 Å². The fraction of sp³-hybridized carbons (Fsp3) is 0.348. The van der Waals surface area contributed by atoms with Crippen LogP contribution in [0.4, 0.5) is 5.69 Å². The first-order valence-electron chi connectivity index (χ1n) is 10.5. The summed E-state index contributed by atoms with van der Waals surface area (Å²) in [7, 11) is 0. The maximum absolute atomic E-state index is 12.6. The van der Waals surface area contributed by atoms with Crippen molar-refractivity contribution in [3.05, 3.63) is 71.3 Å². The van der Waals surface area contributed by atoms with Gasteiger partial charge in [0.2, 0.25) is 10.7 Å². The number of benzene rings is 2. The maximum Gasteiger partial charge on any atom is 0.242 e. The first-order chi connectivity index (χ1) is 14.7. The van der Waals surface area contributed by atoms with Crippen molar-refractivity contribution in [2.75, 3.05) is 5.32 Å². The molecule has 1 fully saturated rings. The molecule has 1 aliphatic rings. The number of carbonyl (C=O) groups excluding carboxylic acids is 1. The summed E-state index contributed by atoms with van der Waals surface area (Å²) in [6, 6.07) is 20.2. The molecule has 0 bridgehead atoms. The van der Waals surface area contributed by atoms with E-state index >= 15 is 0 Å². The van der Waals surface area contributed by atoms with Gasteiger partial charge in [0.15, 0.2) is 5.82 Å². The van der Waals surface area contributed by atoms with Crippen molar-refractivity contribution >= 4 is 23.8 Å². The lowest BCUT2D eigenvalue weighted by molar-refractivity contribution is -0.122. The molecule has 6 nitrogen and oxygen atoms in total. The van der Waals surface area contributed by atoms with E-state index in [1.165, 1.54) is 19.3 Å². The highest BCUT2D eigenvalue weighted by Crippen LogP contribution is 2.18. The number of amides is 1. The summed E-state index contributed by atoms with van der Waals surface area (Å²) in [5.74, 6) is 0.735. The van der Waals surface area contributed by atoms with Crippen molar-refractivity contribution in [3.8, 4) is 5.69 Å². The lowest BCUT2D eigenvalue weighted by Gasteiger charge is -2.22. The molecule has 0 radical (unpaired) electrons. The van der Waals surface area contributed by atoms with Crippen LogP contribution in [-0.2, 0) is 17.9 Å². The van der Waals surface area contributed by atoms with Crippen LogP contribution in [0.1, 0.15) is 37.9 Å². The Kier molecular flexibility index (Phi) is 6.59. The third-order valence-corrected chi connectivity index (χ3v) is 5.80. The normalized spacial score (nSPS) is 14.4. The maximum atomic E-state index is 12.6. The molecule has 4 rings (SSSR count). The average molecular weight is 422 g/mol. The van der Waals surface area contributed by atoms with Crippen molar-refractivity contribution in [1.29, 1.82) is 0 Å². The first kappa shape index (κ1) is 20.3. The largest absolute Gasteiger partial charge is 0.378 e. The Hall–Kier alpha value is -2.93. The van der Waals surface area contributed by atoms with E-state index < -0.39 is 0 Å². The van der Waals surface area contributed by atoms with Crippen LogP contribution in [0.3, 0.4) is 0 Å². The summed E-state index contributed by atoms with van der Waals surface area (Å²) < 4.78 is 4.08. The van der Waals surface area contributed by atoms with Crippen molar-refractivity contribution in [2.45, 2.75) is 51.2 Å². The van der Waals surface area contributed by atoms with E-state index in [9.17, 15) is 4.79 Å². The molecule has 0 spiro atoms. The van der Waals surface area contributed by atoms with Crippen LogP contribution in [-0.4, -0.2) is 26.3 Å². The van der Waals surface area contributed by atoms with E-state index in [-0.39, 0.29) is 18.5 Å². The number of nitrogens with zero attached hydrogens (tertiary/aromatic N) is 3. The lowest BCUT2D eigenvalue weighted by Crippen LogP contribution is -2.38. The number of para-hydroxylation sites is 2. The minimum absolute atomic E-state index is 0.0294. The van der Waals surface area contributed by atoms with E-state index in [1.54, 1.807) is 4.68 Å². The molecule has 30 heavy (non-hydrogen) atoms. The zero-order chi connectivity index (χ0) is 20.8. The van der Waals surface area contributed by atoms with Gasteiger partial charge in [-0.2, -0.15) is 5.10 Å². The molecular formula is C23H27N5OS. The minimum atomic E-state index is -0.0294. The zero-order valence-electron chi connectivity index (χ0n) is 17.0. The van der Waals surface area contributed by atoms with Crippen LogP contribution < -0.4 is 10.6 Å². The highest BCUT2D eigenvalue weighted by Gasteiger charge is 2.18. The fourth-order valence-electron chi connectivity index (χ4n) is 3.90. The molecule has 1 aromatic heterocycles. The van der Waals surface area contributed by atoms with E-state index in [0.717, 1.165) is 30.0 Å². The Morgan fingerprint density at radius 1 is 1.00 bits per heavy atom. The number of hydrogen-bond donors (Lipinski definition) is 2. The number of aromatic nitrogens is 3. The lowest BCUT2D eigenvalue weighted by atomic mass is 9.95. The van der Waals surface area contributed by atoms with Crippen LogP contribution in [0.25, 0.3) is 5.69 Å². The number of rotatable bonds is 7. The SMILES string of the molecule is O=C(Cn1nc(CNc2ccccc2)n(-c2ccccc2)c1=S)NC1CCCCC1. The Labute approximate surface area is 181 Å². The number of nitrogens with one attached hydrogen (secondary N) is 2. The molecular weight excluding hydrogens is 394 g/mol. The number of hydrogen-bond acceptors (Lipinski definition) is 4. The summed E-state index contributed by atoms with van der Waals surface area (Å²) >= 11 is 5.70. The molecule has 1 saturated carbocycles. The van der Waals surface area contributed by atoms with Crippen molar-refractivity contribution < 1.29 is 4.79 Å². The second-order valence-corrected chi connectivity index (χ2v) is 8.01. The van der Waals surface area contributed by atoms with Gasteiger partial charge < -0.3 is 10.6 Å². The standard InChI is InChI=1S/C23H27N5OS/c29-22(25-19-12-6-2-7-13-19)17-27-23(30)28(20-14-8-3-9-15-20)21(26-27)16-24-18-10-4-1-5-11-18/h1,3-5,8-11,14-15,19,24H,2,6-7,12-13,16-17H2,(H,25,29). The second kappa shape index (κ2) is 9.71. The highest BCUT2D eigenvalue weighted by molar-refractivity contribution is 7.71. The predicted molar refractivity (Wildman–Crippen MR) is 121 cm³/mol. The summed E-state index contributed by atoms with van der Waals surface area (Å²) in [6.45, 7) is 0.632. The second-order valence-electron chi connectivity index (χ2n) is 7.65. The van der Waals surface area contributed by atoms with Crippen molar-refractivity contribution in [3.63, 3.8) is 0 Å². The number of anilines is 1. The van der Waals surface area contributed by atoms with Gasteiger partial charge in [0.1, 0.15) is 6.54 Å². The quantitative estimate of drug-likeness (QED) is 0.553. The Balaban J connectivity index is 1.55. The molecule has 0 aliphatic heterocycles. The van der Waals surface area contributed by atoms with Gasteiger partial charge in [0, 0.05) is 17.4 Å². The van der Waals surface area contributed by atoms with Gasteiger partial charge in [0.25, 0.3) is 0 Å². The molecule has 2 N–H and O–H groups in total. The van der Waals surface area contributed by atoms with Crippen LogP contribution in [0.15, 0.2) is 60.7 Å². The first-order valence-corrected chi connectivity index (χ1v) is 10.9. The molecule has 0 unspecified atom stereocenters. The van der Waals surface area contributed by atoms with Gasteiger partial charge >= 0.3 is 0 Å². The van der Waals surface area contributed by atoms with E-state index in [4.69, 9.17) is 12.2 Å². The Morgan fingerprint density at radius 3 is 2.37 bits per heavy atom. The van der Waals surface area contributed by atoms with Gasteiger partial charge in [-0.1, -0.05) is 55.7 Å². The smallest absolute Gasteiger partial charge is 0.242 e. The van der Waals surface area contributed by atoms with Gasteiger partial charge in [-0.25, -0.2) is 4.68 Å². The van der Waals surface area contributed by atoms with Crippen LogP contribution in [0, 0.1) is 4.77 Å². The summed E-state index contributed by atoms with van der Waals surface area (Å²) in [6.07, 6.45) is 5.74. The zero-order valence-corrected chi connectivity index (χ0v) is 17.8. The molecule has 1 heterocycles. The highest BCUT2D eigenvalue weighted by atomic mass is 32.1. The van der Waals surface area contributed by atoms with E-state index in [2.05, 4.69) is 15.7 Å². The van der Waals surface area contributed by atoms with E-state index in [1.807, 2.05) is 65.2 Å². The summed E-state index contributed by atoms with van der Waals surface area (Å²) in [4.78, 5) is 12.6. The number of carbonyl (C=O) groups is 1. The van der Waals surface area contributed by atoms with Gasteiger partial charge in [-0.3, -0.25) is 9.36 Å². The molecule has 7 heteroatoms. The van der Waals surface area contributed by atoms with Crippen molar-refractivity contribution in [2.24, 2.45) is 0 Å². The Morgan fingerprint density at radius 2 is 1.67 bits per heavy atom. The Bertz CT molecular complexity index is 1020. The summed E-state index contributed by atoms with van der Waals surface area (Å²) in [5, 5.41) is 11.2. The van der Waals surface area contributed by atoms with Crippen LogP contribution >= 0.6 is 12.2 Å².